The van der Waals surface area contributed by atoms with Gasteiger partial charge in [-0.05, 0) is 53.6 Å². The van der Waals surface area contributed by atoms with Crippen LogP contribution in [0.15, 0.2) is 18.2 Å². The fourth-order valence-corrected chi connectivity index (χ4v) is 2.99. The molecule has 21 heavy (non-hydrogen) atoms. The van der Waals surface area contributed by atoms with Gasteiger partial charge in [-0.3, -0.25) is 0 Å². The molecule has 0 aliphatic carbocycles. The summed E-state index contributed by atoms with van der Waals surface area (Å²) in [6.07, 6.45) is 4.15. The summed E-state index contributed by atoms with van der Waals surface area (Å²) in [7, 11) is 0. The zero-order valence-corrected chi connectivity index (χ0v) is 15.4. The van der Waals surface area contributed by atoms with Crippen LogP contribution in [0.3, 0.4) is 0 Å². The van der Waals surface area contributed by atoms with Crippen LogP contribution in [0.1, 0.15) is 32.0 Å². The normalized spacial score (nSPS) is 11.4. The molecule has 0 bridgehead atoms. The summed E-state index contributed by atoms with van der Waals surface area (Å²) in [6.45, 7) is 4.80. The fourth-order valence-electron chi connectivity index (χ4n) is 2.35. The van der Waals surface area contributed by atoms with Crippen molar-refractivity contribution in [2.75, 3.05) is 19.1 Å². The highest BCUT2D eigenvalue weighted by atomic mass is 127. The van der Waals surface area contributed by atoms with Crippen molar-refractivity contribution in [2.24, 2.45) is 0 Å². The van der Waals surface area contributed by atoms with Gasteiger partial charge in [-0.2, -0.15) is 0 Å². The molecule has 5 heteroatoms. The van der Waals surface area contributed by atoms with Crippen molar-refractivity contribution < 1.29 is 4.74 Å². The lowest BCUT2D eigenvalue weighted by Gasteiger charge is -2.09. The quantitative estimate of drug-likeness (QED) is 0.336. The minimum atomic E-state index is 0.605. The van der Waals surface area contributed by atoms with Crippen molar-refractivity contribution in [3.05, 3.63) is 27.6 Å². The molecular formula is C16H22ClIN2O. The van der Waals surface area contributed by atoms with Crippen LogP contribution < -0.4 is 0 Å². The van der Waals surface area contributed by atoms with E-state index in [1.807, 2.05) is 0 Å². The number of ether oxygens (including phenoxy) is 1. The molecule has 1 aromatic carbocycles. The standard InChI is InChI=1S/C16H22ClIN2O/c1-2-3-10-21-11-4-9-20-15-6-5-13(18)12-14(15)19-16(20)7-8-17/h5-6,12H,2-4,7-11H2,1H3. The predicted molar refractivity (Wildman–Crippen MR) is 97.2 cm³/mol. The first-order chi connectivity index (χ1) is 10.3. The van der Waals surface area contributed by atoms with Crippen molar-refractivity contribution in [1.29, 1.82) is 0 Å². The minimum absolute atomic E-state index is 0.605. The highest BCUT2D eigenvalue weighted by Gasteiger charge is 2.10. The molecule has 0 atom stereocenters. The number of benzene rings is 1. The Morgan fingerprint density at radius 3 is 2.86 bits per heavy atom. The molecule has 0 spiro atoms. The number of hydrogen-bond acceptors (Lipinski definition) is 2. The van der Waals surface area contributed by atoms with E-state index in [0.717, 1.165) is 50.4 Å². The number of rotatable bonds is 9. The van der Waals surface area contributed by atoms with Crippen LogP contribution in [-0.4, -0.2) is 28.6 Å². The zero-order chi connectivity index (χ0) is 15.1. The monoisotopic (exact) mass is 420 g/mol. The van der Waals surface area contributed by atoms with Gasteiger partial charge >= 0.3 is 0 Å². The summed E-state index contributed by atoms with van der Waals surface area (Å²) in [5.41, 5.74) is 2.26. The van der Waals surface area contributed by atoms with E-state index >= 15 is 0 Å². The lowest BCUT2D eigenvalue weighted by Crippen LogP contribution is -2.07. The van der Waals surface area contributed by atoms with E-state index in [0.29, 0.717) is 5.88 Å². The second-order valence-corrected chi connectivity index (χ2v) is 6.69. The molecule has 0 unspecified atom stereocenters. The van der Waals surface area contributed by atoms with E-state index < -0.39 is 0 Å². The van der Waals surface area contributed by atoms with Gasteiger partial charge < -0.3 is 9.30 Å². The highest BCUT2D eigenvalue weighted by molar-refractivity contribution is 14.1. The molecule has 0 fully saturated rings. The van der Waals surface area contributed by atoms with Crippen LogP contribution in [-0.2, 0) is 17.7 Å². The molecule has 2 rings (SSSR count). The molecule has 0 aliphatic rings. The van der Waals surface area contributed by atoms with Gasteiger partial charge in [0.15, 0.2) is 0 Å². The Bertz CT molecular complexity index is 571. The highest BCUT2D eigenvalue weighted by Crippen LogP contribution is 2.20. The van der Waals surface area contributed by atoms with Crippen molar-refractivity contribution >= 4 is 45.2 Å². The topological polar surface area (TPSA) is 27.1 Å². The van der Waals surface area contributed by atoms with Gasteiger partial charge in [-0.1, -0.05) is 13.3 Å². The van der Waals surface area contributed by atoms with Crippen LogP contribution in [0.4, 0.5) is 0 Å². The first-order valence-electron chi connectivity index (χ1n) is 7.54. The van der Waals surface area contributed by atoms with Crippen molar-refractivity contribution in [3.8, 4) is 0 Å². The first-order valence-corrected chi connectivity index (χ1v) is 9.16. The van der Waals surface area contributed by atoms with Crippen LogP contribution in [0, 0.1) is 3.57 Å². The summed E-state index contributed by atoms with van der Waals surface area (Å²) < 4.78 is 9.14. The molecule has 0 aliphatic heterocycles. The van der Waals surface area contributed by atoms with E-state index in [9.17, 15) is 0 Å². The lowest BCUT2D eigenvalue weighted by molar-refractivity contribution is 0.126. The Kier molecular flexibility index (Phi) is 7.26. The van der Waals surface area contributed by atoms with Crippen LogP contribution in [0.2, 0.25) is 0 Å². The van der Waals surface area contributed by atoms with Gasteiger partial charge in [0.1, 0.15) is 5.82 Å². The molecule has 116 valence electrons. The fraction of sp³-hybridized carbons (Fsp3) is 0.562. The number of nitrogens with zero attached hydrogens (tertiary/aromatic N) is 2. The average molecular weight is 421 g/mol. The zero-order valence-electron chi connectivity index (χ0n) is 12.4. The summed E-state index contributed by atoms with van der Waals surface area (Å²) >= 11 is 8.23. The third-order valence-electron chi connectivity index (χ3n) is 3.42. The largest absolute Gasteiger partial charge is 0.381 e. The number of unbranched alkanes of at least 4 members (excludes halogenated alkanes) is 1. The van der Waals surface area contributed by atoms with Crippen LogP contribution >= 0.6 is 34.2 Å². The Morgan fingerprint density at radius 2 is 2.10 bits per heavy atom. The van der Waals surface area contributed by atoms with Crippen LogP contribution in [0.5, 0.6) is 0 Å². The molecule has 1 aromatic heterocycles. The van der Waals surface area contributed by atoms with E-state index in [2.05, 4.69) is 52.3 Å². The van der Waals surface area contributed by atoms with E-state index in [1.54, 1.807) is 0 Å². The molecule has 3 nitrogen and oxygen atoms in total. The molecule has 0 N–H and O–H groups in total. The minimum Gasteiger partial charge on any atom is -0.381 e. The van der Waals surface area contributed by atoms with E-state index in [1.165, 1.54) is 15.5 Å². The van der Waals surface area contributed by atoms with Crippen molar-refractivity contribution in [2.45, 2.75) is 39.2 Å². The summed E-state index contributed by atoms with van der Waals surface area (Å²) in [5, 5.41) is 0. The summed E-state index contributed by atoms with van der Waals surface area (Å²) in [4.78, 5) is 4.72. The molecule has 0 amide bonds. The summed E-state index contributed by atoms with van der Waals surface area (Å²) in [5.74, 6) is 1.68. The number of fused-ring (bicyclic) bond motifs is 1. The second kappa shape index (κ2) is 8.96. The maximum absolute atomic E-state index is 5.91. The SMILES string of the molecule is CCCCOCCCn1c(CCCl)nc2cc(I)ccc21. The van der Waals surface area contributed by atoms with E-state index in [4.69, 9.17) is 21.3 Å². The van der Waals surface area contributed by atoms with Gasteiger partial charge in [-0.25, -0.2) is 4.98 Å². The number of halogens is 2. The third-order valence-corrected chi connectivity index (χ3v) is 4.28. The number of alkyl halides is 1. The second-order valence-electron chi connectivity index (χ2n) is 5.07. The maximum atomic E-state index is 5.91. The number of aryl methyl sites for hydroxylation is 2. The molecular weight excluding hydrogens is 399 g/mol. The maximum Gasteiger partial charge on any atom is 0.111 e. The van der Waals surface area contributed by atoms with Gasteiger partial charge in [0, 0.05) is 35.6 Å². The Balaban J connectivity index is 2.04. The Morgan fingerprint density at radius 1 is 1.29 bits per heavy atom. The Hall–Kier alpha value is -0.330. The molecule has 2 aromatic rings. The van der Waals surface area contributed by atoms with Crippen molar-refractivity contribution in [3.63, 3.8) is 0 Å². The first kappa shape index (κ1) is 17.0. The smallest absolute Gasteiger partial charge is 0.111 e. The molecule has 0 saturated carbocycles. The van der Waals surface area contributed by atoms with E-state index in [-0.39, 0.29) is 0 Å². The number of aromatic nitrogens is 2. The third kappa shape index (κ3) is 4.83. The lowest BCUT2D eigenvalue weighted by atomic mass is 10.3. The van der Waals surface area contributed by atoms with Crippen molar-refractivity contribution in [1.82, 2.24) is 9.55 Å². The van der Waals surface area contributed by atoms with Gasteiger partial charge in [0.2, 0.25) is 0 Å². The van der Waals surface area contributed by atoms with Gasteiger partial charge in [-0.15, -0.1) is 11.6 Å². The molecule has 0 radical (unpaired) electrons. The molecule has 0 saturated heterocycles. The Labute approximate surface area is 145 Å². The van der Waals surface area contributed by atoms with Gasteiger partial charge in [0.25, 0.3) is 0 Å². The van der Waals surface area contributed by atoms with Gasteiger partial charge in [0.05, 0.1) is 11.0 Å². The number of imidazole rings is 1. The number of hydrogen-bond donors (Lipinski definition) is 0. The average Bonchev–Trinajstić information content (AvgIpc) is 2.80. The predicted octanol–water partition coefficient (Wildman–Crippen LogP) is 4.63. The summed E-state index contributed by atoms with van der Waals surface area (Å²) in [6, 6.07) is 6.41. The van der Waals surface area contributed by atoms with Crippen LogP contribution in [0.25, 0.3) is 11.0 Å². The molecule has 1 heterocycles.